The highest BCUT2D eigenvalue weighted by molar-refractivity contribution is 7.74. The lowest BCUT2D eigenvalue weighted by atomic mass is 9.97. The van der Waals surface area contributed by atoms with Crippen LogP contribution in [0.15, 0.2) is 36.4 Å². The Bertz CT molecular complexity index is 1760. The molecule has 0 amide bonds. The normalized spacial score (nSPS) is 22.5. The number of aliphatic hydroxyl groups is 2. The van der Waals surface area contributed by atoms with Crippen LogP contribution in [0.2, 0.25) is 0 Å². The quantitative estimate of drug-likeness (QED) is 0.0410. The zero-order valence-electron chi connectivity index (χ0n) is 23.9. The molecular formula is C27H23O21S-. The Hall–Kier alpha value is -5.78. The first kappa shape index (κ1) is 36.1. The number of carbonyl (C=O) groups is 3. The summed E-state index contributed by atoms with van der Waals surface area (Å²) < 4.78 is 48.2. The number of benzene rings is 3. The van der Waals surface area contributed by atoms with Crippen LogP contribution in [0.1, 0.15) is 31.1 Å². The topological polar surface area (TPSA) is 360 Å². The first-order valence-electron chi connectivity index (χ1n) is 13.0. The summed E-state index contributed by atoms with van der Waals surface area (Å²) in [6.45, 7) is -1.21. The van der Waals surface area contributed by atoms with Gasteiger partial charge in [-0.25, -0.2) is 22.8 Å². The monoisotopic (exact) mass is 715 g/mol. The predicted octanol–water partition coefficient (Wildman–Crippen LogP) is -1.14. The van der Waals surface area contributed by atoms with Gasteiger partial charge in [0.25, 0.3) is 0 Å². The van der Waals surface area contributed by atoms with Crippen molar-refractivity contribution >= 4 is 29.3 Å². The lowest BCUT2D eigenvalue weighted by Gasteiger charge is -2.47. The molecule has 1 fully saturated rings. The van der Waals surface area contributed by atoms with Crippen LogP contribution in [-0.4, -0.2) is 120 Å². The number of hydrogen-bond donors (Lipinski definition) is 11. The van der Waals surface area contributed by atoms with Crippen molar-refractivity contribution in [1.82, 2.24) is 0 Å². The van der Waals surface area contributed by atoms with E-state index in [0.717, 1.165) is 0 Å². The second kappa shape index (κ2) is 13.8. The van der Waals surface area contributed by atoms with E-state index in [1.165, 1.54) is 0 Å². The minimum atomic E-state index is -3.81. The number of hydrogen-bond acceptors (Lipinski definition) is 21. The molecule has 1 aliphatic rings. The van der Waals surface area contributed by atoms with Gasteiger partial charge in [0.05, 0.1) is 28.1 Å². The van der Waals surface area contributed by atoms with Crippen LogP contribution >= 0.6 is 0 Å². The summed E-state index contributed by atoms with van der Waals surface area (Å²) in [5.41, 5.74) is -2.18. The average molecular weight is 716 g/mol. The van der Waals surface area contributed by atoms with Gasteiger partial charge in [-0.2, -0.15) is 0 Å². The van der Waals surface area contributed by atoms with E-state index in [9.17, 15) is 79.3 Å². The van der Waals surface area contributed by atoms with Gasteiger partial charge >= 0.3 is 23.9 Å². The van der Waals surface area contributed by atoms with Gasteiger partial charge in [-0.1, -0.05) is 0 Å². The molecule has 1 saturated heterocycles. The van der Waals surface area contributed by atoms with Gasteiger partial charge in [-0.15, -0.1) is 0 Å². The summed E-state index contributed by atoms with van der Waals surface area (Å²) in [5.74, 6) is -17.7. The molecular weight excluding hydrogens is 692 g/mol. The first-order chi connectivity index (χ1) is 22.8. The Morgan fingerprint density at radius 3 is 1.49 bits per heavy atom. The smallest absolute Gasteiger partial charge is 0.373 e. The number of ether oxygens (including phenoxy) is 4. The molecule has 3 aromatic rings. The molecule has 1 unspecified atom stereocenters. The summed E-state index contributed by atoms with van der Waals surface area (Å²) in [7, 11) is 0. The zero-order valence-corrected chi connectivity index (χ0v) is 24.7. The van der Waals surface area contributed by atoms with E-state index >= 15 is 0 Å². The number of aliphatic hydroxyl groups excluding tert-OH is 2. The summed E-state index contributed by atoms with van der Waals surface area (Å²) in [6, 6.07) is 3.43. The van der Waals surface area contributed by atoms with Crippen LogP contribution in [-0.2, 0) is 34.5 Å². The molecule has 0 saturated carbocycles. The van der Waals surface area contributed by atoms with Crippen molar-refractivity contribution in [2.24, 2.45) is 0 Å². The summed E-state index contributed by atoms with van der Waals surface area (Å²) in [5, 5.41) is 109. The highest BCUT2D eigenvalue weighted by Crippen LogP contribution is 2.40. The molecule has 21 nitrogen and oxygen atoms in total. The van der Waals surface area contributed by atoms with Gasteiger partial charge in [0.15, 0.2) is 64.0 Å². The molecule has 49 heavy (non-hydrogen) atoms. The Labute approximate surface area is 273 Å². The van der Waals surface area contributed by atoms with Crippen LogP contribution in [0.5, 0.6) is 51.7 Å². The van der Waals surface area contributed by atoms with Crippen molar-refractivity contribution in [3.8, 4) is 51.7 Å². The van der Waals surface area contributed by atoms with E-state index in [2.05, 4.69) is 4.18 Å². The van der Waals surface area contributed by atoms with E-state index in [1.54, 1.807) is 0 Å². The van der Waals surface area contributed by atoms with Crippen molar-refractivity contribution < 1.29 is 102 Å². The van der Waals surface area contributed by atoms with E-state index in [1.807, 2.05) is 0 Å². The summed E-state index contributed by atoms with van der Waals surface area (Å²) in [6.07, 6.45) is -9.89. The molecule has 6 atom stereocenters. The van der Waals surface area contributed by atoms with Crippen molar-refractivity contribution in [3.63, 3.8) is 0 Å². The van der Waals surface area contributed by atoms with Crippen molar-refractivity contribution in [3.05, 3.63) is 53.1 Å². The van der Waals surface area contributed by atoms with E-state index in [0.29, 0.717) is 36.4 Å². The molecule has 0 radical (unpaired) electrons. The molecule has 11 N–H and O–H groups in total. The van der Waals surface area contributed by atoms with E-state index in [-0.39, 0.29) is 0 Å². The van der Waals surface area contributed by atoms with Crippen molar-refractivity contribution in [2.75, 3.05) is 6.61 Å². The predicted molar refractivity (Wildman–Crippen MR) is 149 cm³/mol. The highest BCUT2D eigenvalue weighted by atomic mass is 32.2. The molecule has 3 aromatic carbocycles. The molecule has 0 aromatic heterocycles. The maximum atomic E-state index is 13.0. The maximum Gasteiger partial charge on any atom is 0.373 e. The maximum absolute atomic E-state index is 13.0. The highest BCUT2D eigenvalue weighted by Gasteiger charge is 2.61. The number of aromatic hydroxyl groups is 9. The van der Waals surface area contributed by atoms with Crippen LogP contribution in [0, 0.1) is 0 Å². The molecule has 0 spiro atoms. The molecule has 0 bridgehead atoms. The first-order valence-corrected chi connectivity index (χ1v) is 14.0. The third kappa shape index (κ3) is 7.38. The number of esters is 3. The largest absolute Gasteiger partial charge is 0.750 e. The van der Waals surface area contributed by atoms with Crippen LogP contribution in [0.3, 0.4) is 0 Å². The lowest BCUT2D eigenvalue weighted by Crippen LogP contribution is -2.68. The number of phenols is 9. The van der Waals surface area contributed by atoms with Gasteiger partial charge in [0.1, 0.15) is 18.8 Å². The van der Waals surface area contributed by atoms with Crippen molar-refractivity contribution in [1.29, 1.82) is 0 Å². The van der Waals surface area contributed by atoms with Gasteiger partial charge in [0, 0.05) is 0 Å². The SMILES string of the molecule is O=C(OC[C@H]1O[C@@](OC(=O)c2cc(O)c(O)c(O)c2)(OS(=O)[O-])[C@H](O)[C@@H](OC(=O)c2cc(O)c(O)c(O)c2)[C@@H]1O)c1cc(O)c(O)c(O)c1. The Balaban J connectivity index is 1.73. The van der Waals surface area contributed by atoms with Gasteiger partial charge in [0.2, 0.25) is 0 Å². The van der Waals surface area contributed by atoms with Gasteiger partial charge < -0.3 is 79.7 Å². The fourth-order valence-electron chi connectivity index (χ4n) is 4.27. The van der Waals surface area contributed by atoms with Crippen LogP contribution in [0.25, 0.3) is 0 Å². The van der Waals surface area contributed by atoms with Gasteiger partial charge in [-0.05, 0) is 36.4 Å². The van der Waals surface area contributed by atoms with E-state index < -0.39 is 135 Å². The fourth-order valence-corrected chi connectivity index (χ4v) is 4.63. The third-order valence-corrected chi connectivity index (χ3v) is 7.03. The standard InChI is InChI=1S/C27H24O21S/c28-11-1-8(2-12(29)18(11)34)24(39)44-7-17-21(37)22(45-25(40)9-3-13(30)19(35)14(31)4-9)23(38)27(46-17,48-49(42)43)47-26(41)10-5-15(32)20(36)16(33)6-10/h1-6,17,21-23,28-38H,7H2,(H,42,43)/p-1/t17-,21-,22+,23-,27+/m1/s1. The van der Waals surface area contributed by atoms with Gasteiger partial charge in [-0.3, -0.25) is 0 Å². The zero-order chi connectivity index (χ0) is 36.5. The Kier molecular flexibility index (Phi) is 10.1. The third-order valence-electron chi connectivity index (χ3n) is 6.66. The second-order valence-electron chi connectivity index (χ2n) is 9.93. The molecule has 264 valence electrons. The molecule has 0 aliphatic carbocycles. The van der Waals surface area contributed by atoms with E-state index in [4.69, 9.17) is 18.9 Å². The van der Waals surface area contributed by atoms with Crippen LogP contribution < -0.4 is 0 Å². The summed E-state index contributed by atoms with van der Waals surface area (Å²) >= 11 is -3.81. The molecule has 1 aliphatic heterocycles. The summed E-state index contributed by atoms with van der Waals surface area (Å²) in [4.78, 5) is 38.7. The molecule has 22 heteroatoms. The molecule has 4 rings (SSSR count). The Morgan fingerprint density at radius 1 is 0.694 bits per heavy atom. The fraction of sp³-hybridized carbons (Fsp3) is 0.222. The second-order valence-corrected chi connectivity index (χ2v) is 10.5. The van der Waals surface area contributed by atoms with Crippen LogP contribution in [0.4, 0.5) is 0 Å². The number of carbonyl (C=O) groups excluding carboxylic acids is 3. The minimum Gasteiger partial charge on any atom is -0.750 e. The number of phenolic OH excluding ortho intramolecular Hbond substituents is 9. The number of rotatable bonds is 9. The molecule has 1 heterocycles. The average Bonchev–Trinajstić information content (AvgIpc) is 3.03. The Morgan fingerprint density at radius 2 is 1.08 bits per heavy atom. The van der Waals surface area contributed by atoms with Crippen molar-refractivity contribution in [2.45, 2.75) is 30.4 Å². The minimum absolute atomic E-state index is 0.506. The lowest BCUT2D eigenvalue weighted by molar-refractivity contribution is -0.416.